The fraction of sp³-hybridized carbons (Fsp3) is 0.857. The van der Waals surface area contributed by atoms with Crippen LogP contribution in [0.2, 0.25) is 0 Å². The summed E-state index contributed by atoms with van der Waals surface area (Å²) in [5, 5.41) is 8.88. The minimum Gasteiger partial charge on any atom is -0.389 e. The van der Waals surface area contributed by atoms with Crippen LogP contribution in [0.3, 0.4) is 0 Å². The molecule has 3 N–H and O–H groups in total. The molecule has 1 fully saturated rings. The van der Waals surface area contributed by atoms with Crippen molar-refractivity contribution in [3.63, 3.8) is 0 Å². The van der Waals surface area contributed by atoms with Crippen molar-refractivity contribution in [1.29, 1.82) is 0 Å². The SMILES string of the molecule is NCCOCC(=O)N1CC(O)C1. The van der Waals surface area contributed by atoms with Crippen LogP contribution in [-0.4, -0.2) is 54.9 Å². The molecule has 12 heavy (non-hydrogen) atoms. The van der Waals surface area contributed by atoms with E-state index in [9.17, 15) is 4.79 Å². The number of hydrogen-bond donors (Lipinski definition) is 2. The Kier molecular flexibility index (Phi) is 3.46. The lowest BCUT2D eigenvalue weighted by Gasteiger charge is -2.35. The van der Waals surface area contributed by atoms with Crippen molar-refractivity contribution in [1.82, 2.24) is 4.90 Å². The van der Waals surface area contributed by atoms with E-state index >= 15 is 0 Å². The average molecular weight is 174 g/mol. The number of aliphatic hydroxyl groups excluding tert-OH is 1. The number of carbonyl (C=O) groups excluding carboxylic acids is 1. The average Bonchev–Trinajstić information content (AvgIpc) is 1.99. The van der Waals surface area contributed by atoms with Gasteiger partial charge in [-0.25, -0.2) is 0 Å². The van der Waals surface area contributed by atoms with Gasteiger partial charge in [0.15, 0.2) is 0 Å². The molecule has 0 bridgehead atoms. The maximum Gasteiger partial charge on any atom is 0.248 e. The monoisotopic (exact) mass is 174 g/mol. The summed E-state index contributed by atoms with van der Waals surface area (Å²) in [6.07, 6.45) is -0.344. The Balaban J connectivity index is 2.04. The third-order valence-corrected chi connectivity index (χ3v) is 1.70. The van der Waals surface area contributed by atoms with Crippen molar-refractivity contribution >= 4 is 5.91 Å². The Labute approximate surface area is 71.1 Å². The maximum absolute atomic E-state index is 11.1. The highest BCUT2D eigenvalue weighted by atomic mass is 16.5. The summed E-state index contributed by atoms with van der Waals surface area (Å²) >= 11 is 0. The van der Waals surface area contributed by atoms with E-state index in [1.54, 1.807) is 4.90 Å². The number of rotatable bonds is 4. The topological polar surface area (TPSA) is 75.8 Å². The molecule has 5 nitrogen and oxygen atoms in total. The van der Waals surface area contributed by atoms with Gasteiger partial charge in [-0.3, -0.25) is 4.79 Å². The molecule has 70 valence electrons. The molecule has 0 aliphatic carbocycles. The highest BCUT2D eigenvalue weighted by Gasteiger charge is 2.28. The predicted molar refractivity (Wildman–Crippen MR) is 42.5 cm³/mol. The number of ether oxygens (including phenoxy) is 1. The first-order valence-electron chi connectivity index (χ1n) is 3.97. The number of likely N-dealkylation sites (tertiary alicyclic amines) is 1. The summed E-state index contributed by atoms with van der Waals surface area (Å²) in [4.78, 5) is 12.7. The summed E-state index contributed by atoms with van der Waals surface area (Å²) in [6.45, 7) is 1.78. The molecule has 0 radical (unpaired) electrons. The van der Waals surface area contributed by atoms with Gasteiger partial charge in [0.25, 0.3) is 0 Å². The predicted octanol–water partition coefficient (Wildman–Crippen LogP) is -1.84. The van der Waals surface area contributed by atoms with E-state index in [-0.39, 0.29) is 18.6 Å². The molecule has 0 unspecified atom stereocenters. The minimum atomic E-state index is -0.344. The minimum absolute atomic E-state index is 0.0733. The maximum atomic E-state index is 11.1. The number of hydrogen-bond acceptors (Lipinski definition) is 4. The van der Waals surface area contributed by atoms with Gasteiger partial charge in [-0.15, -0.1) is 0 Å². The number of nitrogens with two attached hydrogens (primary N) is 1. The zero-order chi connectivity index (χ0) is 8.97. The van der Waals surface area contributed by atoms with Gasteiger partial charge < -0.3 is 20.5 Å². The lowest BCUT2D eigenvalue weighted by atomic mass is 10.2. The van der Waals surface area contributed by atoms with Crippen LogP contribution < -0.4 is 5.73 Å². The molecule has 1 aliphatic heterocycles. The van der Waals surface area contributed by atoms with E-state index in [1.807, 2.05) is 0 Å². The van der Waals surface area contributed by atoms with Gasteiger partial charge in [-0.05, 0) is 0 Å². The van der Waals surface area contributed by atoms with Gasteiger partial charge in [0.2, 0.25) is 5.91 Å². The van der Waals surface area contributed by atoms with Crippen molar-refractivity contribution in [2.75, 3.05) is 32.8 Å². The van der Waals surface area contributed by atoms with Crippen molar-refractivity contribution in [2.24, 2.45) is 5.73 Å². The first-order chi connectivity index (χ1) is 5.74. The second kappa shape index (κ2) is 4.39. The largest absolute Gasteiger partial charge is 0.389 e. The van der Waals surface area contributed by atoms with Crippen LogP contribution >= 0.6 is 0 Å². The van der Waals surface area contributed by atoms with E-state index in [1.165, 1.54) is 0 Å². The third kappa shape index (κ3) is 2.44. The lowest BCUT2D eigenvalue weighted by Crippen LogP contribution is -2.54. The number of carbonyl (C=O) groups is 1. The van der Waals surface area contributed by atoms with E-state index in [0.717, 1.165) is 0 Å². The zero-order valence-electron chi connectivity index (χ0n) is 6.90. The molecule has 0 spiro atoms. The van der Waals surface area contributed by atoms with Crippen LogP contribution in [0, 0.1) is 0 Å². The van der Waals surface area contributed by atoms with Crippen LogP contribution in [0.4, 0.5) is 0 Å². The number of amides is 1. The van der Waals surface area contributed by atoms with Crippen LogP contribution in [-0.2, 0) is 9.53 Å². The number of nitrogens with zero attached hydrogens (tertiary/aromatic N) is 1. The van der Waals surface area contributed by atoms with Crippen LogP contribution in [0.5, 0.6) is 0 Å². The van der Waals surface area contributed by atoms with Gasteiger partial charge in [0, 0.05) is 19.6 Å². The fourth-order valence-electron chi connectivity index (χ4n) is 0.993. The fourth-order valence-corrected chi connectivity index (χ4v) is 0.993. The highest BCUT2D eigenvalue weighted by Crippen LogP contribution is 2.06. The molecule has 0 aromatic heterocycles. The van der Waals surface area contributed by atoms with Gasteiger partial charge in [0.05, 0.1) is 12.7 Å². The first kappa shape index (κ1) is 9.44. The van der Waals surface area contributed by atoms with Crippen LogP contribution in [0.15, 0.2) is 0 Å². The smallest absolute Gasteiger partial charge is 0.248 e. The molecule has 0 saturated carbocycles. The van der Waals surface area contributed by atoms with E-state index < -0.39 is 0 Å². The van der Waals surface area contributed by atoms with Gasteiger partial charge >= 0.3 is 0 Å². The van der Waals surface area contributed by atoms with Crippen LogP contribution in [0.1, 0.15) is 0 Å². The Bertz CT molecular complexity index is 157. The summed E-state index contributed by atoms with van der Waals surface area (Å²) in [7, 11) is 0. The quantitative estimate of drug-likeness (QED) is 0.491. The molecule has 1 saturated heterocycles. The summed E-state index contributed by atoms with van der Waals surface area (Å²) < 4.78 is 4.94. The lowest BCUT2D eigenvalue weighted by molar-refractivity contribution is -0.146. The Morgan fingerprint density at radius 1 is 1.67 bits per heavy atom. The summed E-state index contributed by atoms with van der Waals surface area (Å²) in [5.41, 5.74) is 5.17. The molecule has 1 rings (SSSR count). The highest BCUT2D eigenvalue weighted by molar-refractivity contribution is 5.78. The number of aliphatic hydroxyl groups is 1. The van der Waals surface area contributed by atoms with Gasteiger partial charge in [-0.1, -0.05) is 0 Å². The van der Waals surface area contributed by atoms with E-state index in [0.29, 0.717) is 26.2 Å². The third-order valence-electron chi connectivity index (χ3n) is 1.70. The Hall–Kier alpha value is -0.650. The van der Waals surface area contributed by atoms with E-state index in [4.69, 9.17) is 15.6 Å². The van der Waals surface area contributed by atoms with Gasteiger partial charge in [0.1, 0.15) is 6.61 Å². The summed E-state index contributed by atoms with van der Waals surface area (Å²) in [5.74, 6) is -0.0752. The van der Waals surface area contributed by atoms with Gasteiger partial charge in [-0.2, -0.15) is 0 Å². The molecule has 1 aliphatic rings. The van der Waals surface area contributed by atoms with Crippen molar-refractivity contribution in [3.8, 4) is 0 Å². The van der Waals surface area contributed by atoms with Crippen LogP contribution in [0.25, 0.3) is 0 Å². The zero-order valence-corrected chi connectivity index (χ0v) is 6.90. The Morgan fingerprint density at radius 3 is 2.83 bits per heavy atom. The molecular formula is C7H14N2O3. The summed E-state index contributed by atoms with van der Waals surface area (Å²) in [6, 6.07) is 0. The first-order valence-corrected chi connectivity index (χ1v) is 3.97. The Morgan fingerprint density at radius 2 is 2.33 bits per heavy atom. The molecule has 0 aromatic carbocycles. The second-order valence-electron chi connectivity index (χ2n) is 2.79. The molecule has 5 heteroatoms. The molecule has 1 amide bonds. The normalized spacial score (nSPS) is 17.7. The van der Waals surface area contributed by atoms with E-state index in [2.05, 4.69) is 0 Å². The molecule has 0 atom stereocenters. The molecule has 1 heterocycles. The second-order valence-corrected chi connectivity index (χ2v) is 2.79. The van der Waals surface area contributed by atoms with Crippen molar-refractivity contribution in [2.45, 2.75) is 6.10 Å². The molecule has 0 aromatic rings. The molecular weight excluding hydrogens is 160 g/mol. The number of β-amino-alcohol motifs (C(OH)–C–C–N with tert-alkyl or cyclic N) is 1. The van der Waals surface area contributed by atoms with Crippen molar-refractivity contribution in [3.05, 3.63) is 0 Å². The standard InChI is InChI=1S/C7H14N2O3/c8-1-2-12-5-7(11)9-3-6(10)4-9/h6,10H,1-5,8H2. The van der Waals surface area contributed by atoms with Crippen molar-refractivity contribution < 1.29 is 14.6 Å².